The molecule has 0 saturated carbocycles. The smallest absolute Gasteiger partial charge is 0.255 e. The molecule has 4 aromatic carbocycles. The number of ether oxygens (including phenoxy) is 1. The van der Waals surface area contributed by atoms with Gasteiger partial charge < -0.3 is 19.6 Å². The highest BCUT2D eigenvalue weighted by Crippen LogP contribution is 2.36. The minimum Gasteiger partial charge on any atom is -0.508 e. The van der Waals surface area contributed by atoms with Crippen LogP contribution in [0, 0.1) is 0 Å². The number of fused-ring (bicyclic) bond motifs is 1. The van der Waals surface area contributed by atoms with E-state index >= 15 is 0 Å². The van der Waals surface area contributed by atoms with Gasteiger partial charge in [0.15, 0.2) is 0 Å². The van der Waals surface area contributed by atoms with Crippen molar-refractivity contribution in [3.63, 3.8) is 0 Å². The molecule has 2 N–H and O–H groups in total. The molecule has 4 amide bonds. The van der Waals surface area contributed by atoms with E-state index in [9.17, 15) is 24.3 Å². The minimum atomic E-state index is -0.640. The van der Waals surface area contributed by atoms with Crippen molar-refractivity contribution >= 4 is 34.8 Å². The van der Waals surface area contributed by atoms with Crippen LogP contribution in [0.5, 0.6) is 11.5 Å². The Bertz CT molecular complexity index is 2040. The normalized spacial score (nSPS) is 17.9. The second-order valence-electron chi connectivity index (χ2n) is 14.1. The maximum atomic E-state index is 13.1. The Kier molecular flexibility index (Phi) is 11.2. The third-order valence-corrected chi connectivity index (χ3v) is 10.7. The molecule has 4 aromatic rings. The van der Waals surface area contributed by atoms with Gasteiger partial charge in [-0.1, -0.05) is 73.7 Å². The number of hydrogen-bond donors (Lipinski definition) is 2. The summed E-state index contributed by atoms with van der Waals surface area (Å²) >= 11 is 0. The van der Waals surface area contributed by atoms with Crippen LogP contribution >= 0.6 is 0 Å². The summed E-state index contributed by atoms with van der Waals surface area (Å²) in [5, 5.41) is 12.3. The highest BCUT2D eigenvalue weighted by atomic mass is 16.5. The molecule has 10 heteroatoms. The number of rotatable bonds is 12. The summed E-state index contributed by atoms with van der Waals surface area (Å²) in [6.45, 7) is 6.70. The standard InChI is InChI=1S/C44H46N4O6/c1-2-37(31-6-4-3-5-7-31)42(32-10-14-35(49)15-11-32)33-12-16-36(17-13-33)54-27-26-46-22-24-47(25-23-46)41(51)21-9-30-8-18-38-34(28-30)29-48(44(38)53)39-19-20-40(50)45-43(39)52/h3-8,10-18,28,39,49H,2,9,19-27,29H2,1H3,(H,45,50,52)/b42-37-. The number of carbonyl (C=O) groups is 4. The molecule has 54 heavy (non-hydrogen) atoms. The van der Waals surface area contributed by atoms with Gasteiger partial charge in [-0.15, -0.1) is 0 Å². The van der Waals surface area contributed by atoms with Gasteiger partial charge in [-0.3, -0.25) is 29.4 Å². The number of nitrogens with one attached hydrogen (secondary N) is 1. The van der Waals surface area contributed by atoms with Crippen molar-refractivity contribution in [2.75, 3.05) is 39.3 Å². The van der Waals surface area contributed by atoms with Crippen LogP contribution in [-0.4, -0.2) is 88.8 Å². The topological polar surface area (TPSA) is 119 Å². The van der Waals surface area contributed by atoms with Gasteiger partial charge in [0.05, 0.1) is 0 Å². The summed E-state index contributed by atoms with van der Waals surface area (Å²) in [5.41, 5.74) is 8.07. The Morgan fingerprint density at radius 2 is 1.56 bits per heavy atom. The van der Waals surface area contributed by atoms with Crippen LogP contribution in [0.3, 0.4) is 0 Å². The quantitative estimate of drug-likeness (QED) is 0.143. The number of piperidine rings is 1. The number of allylic oxidation sites excluding steroid dienone is 1. The fraction of sp³-hybridized carbons (Fsp3) is 0.318. The van der Waals surface area contributed by atoms with E-state index < -0.39 is 11.9 Å². The molecule has 1 unspecified atom stereocenters. The van der Waals surface area contributed by atoms with E-state index in [0.717, 1.165) is 59.6 Å². The molecule has 3 heterocycles. The lowest BCUT2D eigenvalue weighted by molar-refractivity contribution is -0.137. The van der Waals surface area contributed by atoms with Gasteiger partial charge in [0.1, 0.15) is 24.1 Å². The lowest BCUT2D eigenvalue weighted by Gasteiger charge is -2.34. The van der Waals surface area contributed by atoms with E-state index in [0.29, 0.717) is 51.1 Å². The third kappa shape index (κ3) is 8.24. The number of benzene rings is 4. The number of aromatic hydroxyl groups is 1. The van der Waals surface area contributed by atoms with Gasteiger partial charge in [0, 0.05) is 57.7 Å². The fourth-order valence-corrected chi connectivity index (χ4v) is 7.73. The van der Waals surface area contributed by atoms with Crippen molar-refractivity contribution in [1.82, 2.24) is 20.0 Å². The number of piperazine rings is 1. The molecule has 0 radical (unpaired) electrons. The van der Waals surface area contributed by atoms with Gasteiger partial charge in [0.25, 0.3) is 5.91 Å². The maximum Gasteiger partial charge on any atom is 0.255 e. The van der Waals surface area contributed by atoms with Gasteiger partial charge in [-0.05, 0) is 88.6 Å². The van der Waals surface area contributed by atoms with Crippen molar-refractivity contribution < 1.29 is 29.0 Å². The zero-order chi connectivity index (χ0) is 37.6. The first kappa shape index (κ1) is 36.6. The van der Waals surface area contributed by atoms with Crippen LogP contribution in [0.2, 0.25) is 0 Å². The van der Waals surface area contributed by atoms with Gasteiger partial charge in [-0.25, -0.2) is 0 Å². The average Bonchev–Trinajstić information content (AvgIpc) is 3.52. The van der Waals surface area contributed by atoms with E-state index in [1.807, 2.05) is 47.4 Å². The lowest BCUT2D eigenvalue weighted by atomic mass is 9.88. The van der Waals surface area contributed by atoms with E-state index in [1.54, 1.807) is 23.1 Å². The van der Waals surface area contributed by atoms with Crippen LogP contribution in [0.4, 0.5) is 0 Å². The molecule has 0 aliphatic carbocycles. The summed E-state index contributed by atoms with van der Waals surface area (Å²) in [6, 6.07) is 31.0. The number of phenolic OH excluding ortho intramolecular Hbond substituents is 1. The molecule has 2 fully saturated rings. The molecule has 0 bridgehead atoms. The summed E-state index contributed by atoms with van der Waals surface area (Å²) in [6.07, 6.45) is 2.36. The van der Waals surface area contributed by atoms with Crippen LogP contribution < -0.4 is 10.1 Å². The minimum absolute atomic E-state index is 0.118. The predicted molar refractivity (Wildman–Crippen MR) is 207 cm³/mol. The molecule has 10 nitrogen and oxygen atoms in total. The maximum absolute atomic E-state index is 13.1. The Morgan fingerprint density at radius 1 is 0.852 bits per heavy atom. The molecule has 2 saturated heterocycles. The van der Waals surface area contributed by atoms with Crippen molar-refractivity contribution in [2.24, 2.45) is 0 Å². The second kappa shape index (κ2) is 16.5. The highest BCUT2D eigenvalue weighted by Gasteiger charge is 2.39. The molecule has 3 aliphatic rings. The Hall–Kier alpha value is -5.74. The molecular weight excluding hydrogens is 681 g/mol. The SMILES string of the molecule is CC/C(=C(\c1ccc(O)cc1)c1ccc(OCCN2CCN(C(=O)CCc3ccc4c(c3)CN(C3CCC(=O)NC3=O)C4=O)CC2)cc1)c1ccccc1. The molecule has 1 atom stereocenters. The van der Waals surface area contributed by atoms with Crippen LogP contribution in [0.25, 0.3) is 11.1 Å². The first-order chi connectivity index (χ1) is 26.3. The summed E-state index contributed by atoms with van der Waals surface area (Å²) in [5.74, 6) is 0.239. The summed E-state index contributed by atoms with van der Waals surface area (Å²) in [7, 11) is 0. The van der Waals surface area contributed by atoms with Crippen molar-refractivity contribution in [1.29, 1.82) is 0 Å². The largest absolute Gasteiger partial charge is 0.508 e. The number of carbonyl (C=O) groups excluding carboxylic acids is 4. The number of aryl methyl sites for hydroxylation is 1. The van der Waals surface area contributed by atoms with Gasteiger partial charge in [0.2, 0.25) is 17.7 Å². The zero-order valence-electron chi connectivity index (χ0n) is 30.6. The van der Waals surface area contributed by atoms with E-state index in [2.05, 4.69) is 53.5 Å². The van der Waals surface area contributed by atoms with Crippen LogP contribution in [0.15, 0.2) is 97.1 Å². The van der Waals surface area contributed by atoms with Gasteiger partial charge >= 0.3 is 0 Å². The first-order valence-corrected chi connectivity index (χ1v) is 18.8. The molecule has 3 aliphatic heterocycles. The Balaban J connectivity index is 0.876. The molecule has 0 spiro atoms. The van der Waals surface area contributed by atoms with Crippen LogP contribution in [0.1, 0.15) is 70.8 Å². The number of amides is 4. The zero-order valence-corrected chi connectivity index (χ0v) is 30.6. The van der Waals surface area contributed by atoms with Gasteiger partial charge in [-0.2, -0.15) is 0 Å². The lowest BCUT2D eigenvalue weighted by Crippen LogP contribution is -2.52. The summed E-state index contributed by atoms with van der Waals surface area (Å²) in [4.78, 5) is 55.9. The van der Waals surface area contributed by atoms with Crippen LogP contribution in [-0.2, 0) is 27.3 Å². The third-order valence-electron chi connectivity index (χ3n) is 10.7. The van der Waals surface area contributed by atoms with Crippen molar-refractivity contribution in [3.05, 3.63) is 130 Å². The molecule has 0 aromatic heterocycles. The fourth-order valence-electron chi connectivity index (χ4n) is 7.73. The van der Waals surface area contributed by atoms with Crippen molar-refractivity contribution in [2.45, 2.75) is 51.6 Å². The number of hydrogen-bond acceptors (Lipinski definition) is 7. The number of nitrogens with zero attached hydrogens (tertiary/aromatic N) is 3. The Morgan fingerprint density at radius 3 is 2.24 bits per heavy atom. The predicted octanol–water partition coefficient (Wildman–Crippen LogP) is 5.68. The number of phenols is 1. The first-order valence-electron chi connectivity index (χ1n) is 18.8. The summed E-state index contributed by atoms with van der Waals surface area (Å²) < 4.78 is 6.16. The van der Waals surface area contributed by atoms with E-state index in [4.69, 9.17) is 4.74 Å². The molecular formula is C44H46N4O6. The highest BCUT2D eigenvalue weighted by molar-refractivity contribution is 6.05. The monoisotopic (exact) mass is 726 g/mol. The Labute approximate surface area is 316 Å². The average molecular weight is 727 g/mol. The van der Waals surface area contributed by atoms with Crippen molar-refractivity contribution in [3.8, 4) is 11.5 Å². The van der Waals surface area contributed by atoms with E-state index in [1.165, 1.54) is 11.1 Å². The molecule has 7 rings (SSSR count). The number of imide groups is 1. The molecule has 278 valence electrons. The van der Waals surface area contributed by atoms with E-state index in [-0.39, 0.29) is 29.9 Å². The second-order valence-corrected chi connectivity index (χ2v) is 14.1.